The molecule has 3 aromatic rings. The molecule has 1 fully saturated rings. The third kappa shape index (κ3) is 2.84. The van der Waals surface area contributed by atoms with Crippen LogP contribution in [-0.4, -0.2) is 43.6 Å². The second-order valence-electron chi connectivity index (χ2n) is 7.66. The lowest BCUT2D eigenvalue weighted by molar-refractivity contribution is 0.473. The molecule has 144 valence electrons. The number of hydrogen-bond acceptors (Lipinski definition) is 6. The van der Waals surface area contributed by atoms with Crippen LogP contribution in [0.5, 0.6) is 0 Å². The van der Waals surface area contributed by atoms with Crippen LogP contribution >= 0.6 is 11.3 Å². The molecular formula is C22H20N6S. The van der Waals surface area contributed by atoms with E-state index in [4.69, 9.17) is 4.99 Å². The Hall–Kier alpha value is -3.06. The fourth-order valence-electron chi connectivity index (χ4n) is 4.11. The molecule has 0 unspecified atom stereocenters. The minimum absolute atomic E-state index is 0.526. The number of hydrogen-bond donors (Lipinski definition) is 0. The zero-order valence-electron chi connectivity index (χ0n) is 16.0. The Morgan fingerprint density at radius 1 is 1.14 bits per heavy atom. The molecule has 0 N–H and O–H groups in total. The van der Waals surface area contributed by atoms with E-state index < -0.39 is 0 Å². The van der Waals surface area contributed by atoms with E-state index in [2.05, 4.69) is 50.8 Å². The summed E-state index contributed by atoms with van der Waals surface area (Å²) in [5, 5.41) is 7.79. The van der Waals surface area contributed by atoms with E-state index in [-0.39, 0.29) is 0 Å². The summed E-state index contributed by atoms with van der Waals surface area (Å²) < 4.78 is 1.82. The van der Waals surface area contributed by atoms with Gasteiger partial charge >= 0.3 is 0 Å². The van der Waals surface area contributed by atoms with E-state index >= 15 is 0 Å². The van der Waals surface area contributed by atoms with Crippen molar-refractivity contribution in [3.8, 4) is 10.6 Å². The molecule has 0 atom stereocenters. The van der Waals surface area contributed by atoms with Crippen molar-refractivity contribution in [1.29, 1.82) is 0 Å². The van der Waals surface area contributed by atoms with Crippen molar-refractivity contribution < 1.29 is 0 Å². The van der Waals surface area contributed by atoms with Crippen LogP contribution in [0.3, 0.4) is 0 Å². The second-order valence-corrected chi connectivity index (χ2v) is 8.56. The van der Waals surface area contributed by atoms with Crippen molar-refractivity contribution in [2.24, 2.45) is 4.99 Å². The standard InChI is InChI=1S/C22H20N6S/c1-14-12-24-20(28-13-25-21(26-28)15-5-6-15)11-19-17-3-2-4-18(22-23-8-10-29-22)16(17)7-9-27(14)19/h2-4,8,10-11,13,15H,1,5-7,9,12H2. The summed E-state index contributed by atoms with van der Waals surface area (Å²) in [5.41, 5.74) is 5.94. The molecule has 7 heteroatoms. The highest BCUT2D eigenvalue weighted by Crippen LogP contribution is 2.39. The van der Waals surface area contributed by atoms with Crippen LogP contribution in [0.15, 0.2) is 59.4 Å². The van der Waals surface area contributed by atoms with Crippen LogP contribution in [0.25, 0.3) is 16.3 Å². The number of allylic oxidation sites excluding steroid dienone is 1. The van der Waals surface area contributed by atoms with E-state index in [1.165, 1.54) is 29.5 Å². The van der Waals surface area contributed by atoms with Crippen LogP contribution in [0.2, 0.25) is 0 Å². The number of aliphatic imine (C=N–C) groups is 1. The first-order chi connectivity index (χ1) is 14.3. The van der Waals surface area contributed by atoms with Gasteiger partial charge in [-0.15, -0.1) is 16.4 Å². The Kier molecular flexibility index (Phi) is 3.77. The number of fused-ring (bicyclic) bond motifs is 3. The van der Waals surface area contributed by atoms with E-state index in [1.54, 1.807) is 17.7 Å². The quantitative estimate of drug-likeness (QED) is 0.654. The maximum atomic E-state index is 4.79. The van der Waals surface area contributed by atoms with Gasteiger partial charge in [0.15, 0.2) is 11.7 Å². The normalized spacial score (nSPS) is 18.6. The van der Waals surface area contributed by atoms with Gasteiger partial charge in [-0.1, -0.05) is 24.8 Å². The molecule has 29 heavy (non-hydrogen) atoms. The van der Waals surface area contributed by atoms with Crippen LogP contribution in [0.1, 0.15) is 35.7 Å². The lowest BCUT2D eigenvalue weighted by Gasteiger charge is -2.34. The van der Waals surface area contributed by atoms with Gasteiger partial charge in [-0.3, -0.25) is 4.99 Å². The molecule has 2 aromatic heterocycles. The first-order valence-electron chi connectivity index (χ1n) is 9.93. The van der Waals surface area contributed by atoms with Crippen LogP contribution in [-0.2, 0) is 6.42 Å². The average molecular weight is 401 g/mol. The van der Waals surface area contributed by atoms with Crippen molar-refractivity contribution in [2.45, 2.75) is 25.2 Å². The minimum atomic E-state index is 0.526. The molecule has 0 radical (unpaired) electrons. The fourth-order valence-corrected chi connectivity index (χ4v) is 4.80. The third-order valence-electron chi connectivity index (χ3n) is 5.75. The van der Waals surface area contributed by atoms with Crippen LogP contribution < -0.4 is 0 Å². The summed E-state index contributed by atoms with van der Waals surface area (Å²) in [6, 6.07) is 6.48. The van der Waals surface area contributed by atoms with Crippen molar-refractivity contribution in [3.05, 3.63) is 71.4 Å². The summed E-state index contributed by atoms with van der Waals surface area (Å²) in [4.78, 5) is 16.1. The minimum Gasteiger partial charge on any atom is -0.343 e. The van der Waals surface area contributed by atoms with Gasteiger partial charge in [0.2, 0.25) is 0 Å². The molecule has 0 bridgehead atoms. The monoisotopic (exact) mass is 400 g/mol. The molecule has 0 amide bonds. The molecule has 2 aliphatic heterocycles. The first kappa shape index (κ1) is 16.9. The first-order valence-corrected chi connectivity index (χ1v) is 10.8. The summed E-state index contributed by atoms with van der Waals surface area (Å²) >= 11 is 1.68. The highest BCUT2D eigenvalue weighted by Gasteiger charge is 2.30. The summed E-state index contributed by atoms with van der Waals surface area (Å²) in [6.45, 7) is 5.76. The van der Waals surface area contributed by atoms with Crippen molar-refractivity contribution in [3.63, 3.8) is 0 Å². The number of rotatable bonds is 2. The fraction of sp³-hybridized carbons (Fsp3) is 0.273. The second kappa shape index (κ2) is 6.49. The average Bonchev–Trinajstić information content (AvgIpc) is 3.28. The molecular weight excluding hydrogens is 380 g/mol. The highest BCUT2D eigenvalue weighted by molar-refractivity contribution is 7.13. The van der Waals surface area contributed by atoms with Gasteiger partial charge in [-0.05, 0) is 24.8 Å². The molecule has 1 aliphatic carbocycles. The van der Waals surface area contributed by atoms with Crippen LogP contribution in [0.4, 0.5) is 0 Å². The van der Waals surface area contributed by atoms with E-state index in [0.717, 1.165) is 41.0 Å². The number of thiazole rings is 1. The summed E-state index contributed by atoms with van der Waals surface area (Å²) in [7, 11) is 0. The zero-order valence-corrected chi connectivity index (χ0v) is 16.8. The molecule has 6 rings (SSSR count). The van der Waals surface area contributed by atoms with E-state index in [1.807, 2.05) is 16.3 Å². The van der Waals surface area contributed by atoms with Crippen molar-refractivity contribution in [2.75, 3.05) is 13.1 Å². The van der Waals surface area contributed by atoms with E-state index in [0.29, 0.717) is 12.5 Å². The topological polar surface area (TPSA) is 59.2 Å². The Morgan fingerprint density at radius 2 is 2.03 bits per heavy atom. The summed E-state index contributed by atoms with van der Waals surface area (Å²) in [5.74, 6) is 2.27. The van der Waals surface area contributed by atoms with Gasteiger partial charge in [-0.2, -0.15) is 0 Å². The predicted octanol–water partition coefficient (Wildman–Crippen LogP) is 3.95. The highest BCUT2D eigenvalue weighted by atomic mass is 32.1. The lowest BCUT2D eigenvalue weighted by atomic mass is 9.91. The van der Waals surface area contributed by atoms with Crippen molar-refractivity contribution >= 4 is 22.9 Å². The zero-order chi connectivity index (χ0) is 19.4. The number of nitrogens with zero attached hydrogens (tertiary/aromatic N) is 6. The van der Waals surface area contributed by atoms with Gasteiger partial charge in [0, 0.05) is 46.9 Å². The maximum Gasteiger partial charge on any atom is 0.154 e. The number of aromatic nitrogens is 4. The Bertz CT molecular complexity index is 1170. The molecule has 1 saturated carbocycles. The lowest BCUT2D eigenvalue weighted by Crippen LogP contribution is -2.29. The largest absolute Gasteiger partial charge is 0.343 e. The predicted molar refractivity (Wildman–Crippen MR) is 115 cm³/mol. The van der Waals surface area contributed by atoms with Gasteiger partial charge in [0.05, 0.1) is 12.2 Å². The molecule has 3 aliphatic rings. The molecule has 0 spiro atoms. The van der Waals surface area contributed by atoms with Gasteiger partial charge in [0.1, 0.15) is 11.3 Å². The van der Waals surface area contributed by atoms with Gasteiger partial charge in [0.25, 0.3) is 0 Å². The molecule has 1 aromatic carbocycles. The molecule has 4 heterocycles. The third-order valence-corrected chi connectivity index (χ3v) is 6.56. The molecule has 0 saturated heterocycles. The maximum absolute atomic E-state index is 4.79. The van der Waals surface area contributed by atoms with E-state index in [9.17, 15) is 0 Å². The van der Waals surface area contributed by atoms with Gasteiger partial charge < -0.3 is 4.90 Å². The smallest absolute Gasteiger partial charge is 0.154 e. The van der Waals surface area contributed by atoms with Gasteiger partial charge in [-0.25, -0.2) is 14.6 Å². The Balaban J connectivity index is 1.47. The van der Waals surface area contributed by atoms with Crippen molar-refractivity contribution in [1.82, 2.24) is 24.6 Å². The van der Waals surface area contributed by atoms with Crippen LogP contribution in [0, 0.1) is 0 Å². The molecule has 6 nitrogen and oxygen atoms in total. The summed E-state index contributed by atoms with van der Waals surface area (Å²) in [6.07, 6.45) is 9.13. The SMILES string of the molecule is C=C1CN=C(n2cnc(C3CC3)n2)C=C2c3cccc(-c4nccs4)c3CCN12. The Labute approximate surface area is 173 Å². The Morgan fingerprint density at radius 3 is 2.86 bits per heavy atom. The number of benzene rings is 1.